The van der Waals surface area contributed by atoms with Gasteiger partial charge in [-0.3, -0.25) is 5.32 Å². The number of hydrogen-bond acceptors (Lipinski definition) is 4. The lowest BCUT2D eigenvalue weighted by atomic mass is 10.0. The molecule has 0 atom stereocenters. The lowest BCUT2D eigenvalue weighted by Crippen LogP contribution is -2.40. The molecule has 0 bridgehead atoms. The van der Waals surface area contributed by atoms with E-state index < -0.39 is 20.2 Å². The lowest BCUT2D eigenvalue weighted by Gasteiger charge is -2.36. The van der Waals surface area contributed by atoms with Gasteiger partial charge >= 0.3 is 6.09 Å². The van der Waals surface area contributed by atoms with Crippen molar-refractivity contribution in [1.82, 2.24) is 14.8 Å². The van der Waals surface area contributed by atoms with Gasteiger partial charge in [-0.05, 0) is 42.4 Å². The molecule has 4 aromatic rings. The summed E-state index contributed by atoms with van der Waals surface area (Å²) >= 11 is 0. The first-order valence-corrected chi connectivity index (χ1v) is 14.2. The van der Waals surface area contributed by atoms with Gasteiger partial charge in [0.25, 0.3) is 0 Å². The minimum absolute atomic E-state index is 0.0213. The van der Waals surface area contributed by atoms with Crippen LogP contribution in [0.2, 0.25) is 18.1 Å². The van der Waals surface area contributed by atoms with Crippen LogP contribution in [0.1, 0.15) is 26.5 Å². The number of aromatic nitrogens is 3. The molecule has 2 heterocycles. The first kappa shape index (κ1) is 24.6. The number of hydrogen-bond donors (Lipinski definition) is 2. The number of halogens is 1. The van der Waals surface area contributed by atoms with Crippen molar-refractivity contribution in [2.24, 2.45) is 0 Å². The Morgan fingerprint density at radius 3 is 2.60 bits per heavy atom. The summed E-state index contributed by atoms with van der Waals surface area (Å²) in [5.74, 6) is -0.504. The molecule has 0 aliphatic rings. The quantitative estimate of drug-likeness (QED) is 0.288. The maximum atomic E-state index is 15.4. The van der Waals surface area contributed by atoms with Crippen molar-refractivity contribution in [2.45, 2.75) is 45.5 Å². The van der Waals surface area contributed by atoms with Gasteiger partial charge in [0.15, 0.2) is 8.32 Å². The van der Waals surface area contributed by atoms with Crippen molar-refractivity contribution in [2.75, 3.05) is 5.32 Å². The van der Waals surface area contributed by atoms with Crippen LogP contribution in [0.15, 0.2) is 60.8 Å². The number of anilines is 1. The maximum absolute atomic E-state index is 15.4. The zero-order chi connectivity index (χ0) is 25.4. The van der Waals surface area contributed by atoms with E-state index in [1.807, 2.05) is 24.3 Å². The third-order valence-electron chi connectivity index (χ3n) is 6.53. The number of nitrogens with one attached hydrogen (secondary N) is 1. The average molecular weight is 493 g/mol. The maximum Gasteiger partial charge on any atom is 0.409 e. The van der Waals surface area contributed by atoms with Crippen molar-refractivity contribution >= 4 is 31.0 Å². The molecule has 2 aromatic heterocycles. The second kappa shape index (κ2) is 9.24. The van der Waals surface area contributed by atoms with E-state index in [9.17, 15) is 9.90 Å². The molecular formula is C26H29FN4O3Si. The van der Waals surface area contributed by atoms with Gasteiger partial charge < -0.3 is 9.53 Å². The molecule has 0 aliphatic carbocycles. The number of para-hydroxylation sites is 2. The van der Waals surface area contributed by atoms with Gasteiger partial charge in [0, 0.05) is 17.1 Å². The predicted octanol–water partition coefficient (Wildman–Crippen LogP) is 6.84. The Balaban J connectivity index is 1.85. The summed E-state index contributed by atoms with van der Waals surface area (Å²) in [5, 5.41) is 17.0. The molecule has 182 valence electrons. The molecule has 9 heteroatoms. The number of pyridine rings is 1. The predicted molar refractivity (Wildman–Crippen MR) is 138 cm³/mol. The van der Waals surface area contributed by atoms with Crippen LogP contribution in [-0.2, 0) is 11.0 Å². The highest BCUT2D eigenvalue weighted by atomic mass is 28.4. The fourth-order valence-electron chi connectivity index (χ4n) is 3.57. The summed E-state index contributed by atoms with van der Waals surface area (Å²) in [6, 6.07) is 15.5. The smallest absolute Gasteiger partial charge is 0.409 e. The van der Waals surface area contributed by atoms with Gasteiger partial charge in [-0.1, -0.05) is 51.1 Å². The molecule has 4 rings (SSSR count). The molecule has 1 amide bonds. The van der Waals surface area contributed by atoms with Gasteiger partial charge in [-0.15, -0.1) is 0 Å². The van der Waals surface area contributed by atoms with Gasteiger partial charge in [0.1, 0.15) is 11.5 Å². The van der Waals surface area contributed by atoms with Crippen molar-refractivity contribution in [3.8, 4) is 16.9 Å². The minimum atomic E-state index is -2.06. The first-order chi connectivity index (χ1) is 16.5. The van der Waals surface area contributed by atoms with E-state index >= 15 is 4.39 Å². The van der Waals surface area contributed by atoms with Crippen LogP contribution in [0.4, 0.5) is 14.9 Å². The molecule has 35 heavy (non-hydrogen) atoms. The summed E-state index contributed by atoms with van der Waals surface area (Å²) in [4.78, 5) is 16.2. The highest BCUT2D eigenvalue weighted by molar-refractivity contribution is 6.74. The van der Waals surface area contributed by atoms with Crippen LogP contribution in [0, 0.1) is 5.82 Å². The molecule has 0 radical (unpaired) electrons. The second-order valence-corrected chi connectivity index (χ2v) is 14.7. The number of rotatable bonds is 6. The zero-order valence-electron chi connectivity index (χ0n) is 20.5. The molecule has 0 fully saturated rings. The first-order valence-electron chi connectivity index (χ1n) is 11.3. The van der Waals surface area contributed by atoms with E-state index in [1.54, 1.807) is 30.5 Å². The minimum Gasteiger partial charge on any atom is -0.465 e. The number of carbonyl (C=O) groups is 1. The summed E-state index contributed by atoms with van der Waals surface area (Å²) < 4.78 is 23.3. The van der Waals surface area contributed by atoms with Crippen molar-refractivity contribution < 1.29 is 18.7 Å². The number of nitrogens with zero attached hydrogens (tertiary/aromatic N) is 3. The van der Waals surface area contributed by atoms with Crippen LogP contribution in [0.3, 0.4) is 0 Å². The van der Waals surface area contributed by atoms with E-state index in [2.05, 4.69) is 44.3 Å². The van der Waals surface area contributed by atoms with Crippen molar-refractivity contribution in [3.63, 3.8) is 0 Å². The zero-order valence-corrected chi connectivity index (χ0v) is 21.5. The van der Waals surface area contributed by atoms with Crippen molar-refractivity contribution in [3.05, 3.63) is 72.3 Å². The Labute approximate surface area is 204 Å². The van der Waals surface area contributed by atoms with Gasteiger partial charge in [0.05, 0.1) is 29.2 Å². The number of benzene rings is 2. The molecule has 0 saturated carbocycles. The highest BCUT2D eigenvalue weighted by Crippen LogP contribution is 2.38. The molecule has 7 nitrogen and oxygen atoms in total. The monoisotopic (exact) mass is 492 g/mol. The molecule has 0 unspecified atom stereocenters. The number of amides is 1. The summed E-state index contributed by atoms with van der Waals surface area (Å²) in [5.41, 5.74) is 2.52. The normalized spacial score (nSPS) is 12.2. The third-order valence-corrected chi connectivity index (χ3v) is 11.0. The molecule has 2 N–H and O–H groups in total. The number of fused-ring (bicyclic) bond motifs is 1. The van der Waals surface area contributed by atoms with E-state index in [-0.39, 0.29) is 23.0 Å². The molecule has 0 spiro atoms. The van der Waals surface area contributed by atoms with Crippen LogP contribution in [0.25, 0.3) is 27.8 Å². The Morgan fingerprint density at radius 1 is 1.14 bits per heavy atom. The summed E-state index contributed by atoms with van der Waals surface area (Å²) in [6.07, 6.45) is 0.369. The molecular weight excluding hydrogens is 463 g/mol. The summed E-state index contributed by atoms with van der Waals surface area (Å²) in [6.45, 7) is 11.1. The Morgan fingerprint density at radius 2 is 1.89 bits per heavy atom. The lowest BCUT2D eigenvalue weighted by molar-refractivity contribution is 0.209. The molecule has 2 aromatic carbocycles. The third kappa shape index (κ3) is 4.96. The summed E-state index contributed by atoms with van der Waals surface area (Å²) in [7, 11) is -2.06. The Bertz CT molecular complexity index is 1400. The fourth-order valence-corrected chi connectivity index (χ4v) is 4.51. The Kier molecular flexibility index (Phi) is 6.48. The molecule has 0 saturated heterocycles. The van der Waals surface area contributed by atoms with Crippen molar-refractivity contribution in [1.29, 1.82) is 0 Å². The van der Waals surface area contributed by atoms with E-state index in [0.29, 0.717) is 22.5 Å². The highest BCUT2D eigenvalue weighted by Gasteiger charge is 2.37. The average Bonchev–Trinajstić information content (AvgIpc) is 3.24. The van der Waals surface area contributed by atoms with Crippen LogP contribution >= 0.6 is 0 Å². The standard InChI is InChI=1S/C26H29FN4O3Si/c1-26(2,3)35(4,5)34-16-18-13-14-28-31(18)24-19(10-8-11-20(24)27)23-22(30-25(32)33)15-17-9-6-7-12-21(17)29-23/h6-15,30H,16H2,1-5H3,(H,32,33). The van der Waals surface area contributed by atoms with E-state index in [0.717, 1.165) is 5.39 Å². The Hall–Kier alpha value is -3.56. The number of carboxylic acid groups (broad SMARTS) is 1. The van der Waals surface area contributed by atoms with Crippen LogP contribution in [-0.4, -0.2) is 34.3 Å². The van der Waals surface area contributed by atoms with Crippen LogP contribution in [0.5, 0.6) is 0 Å². The second-order valence-electron chi connectivity index (χ2n) is 9.93. The van der Waals surface area contributed by atoms with E-state index in [1.165, 1.54) is 10.7 Å². The fraction of sp³-hybridized carbons (Fsp3) is 0.269. The van der Waals surface area contributed by atoms with Gasteiger partial charge in [-0.25, -0.2) is 18.9 Å². The van der Waals surface area contributed by atoms with Gasteiger partial charge in [0.2, 0.25) is 0 Å². The van der Waals surface area contributed by atoms with Gasteiger partial charge in [-0.2, -0.15) is 5.10 Å². The van der Waals surface area contributed by atoms with E-state index in [4.69, 9.17) is 9.41 Å². The SMILES string of the molecule is CC(C)(C)[Si](C)(C)OCc1ccnn1-c1c(F)cccc1-c1nc2ccccc2cc1NC(=O)O. The topological polar surface area (TPSA) is 89.3 Å². The molecule has 0 aliphatic heterocycles. The largest absolute Gasteiger partial charge is 0.465 e. The van der Waals surface area contributed by atoms with Crippen LogP contribution < -0.4 is 5.32 Å².